The van der Waals surface area contributed by atoms with E-state index in [0.717, 1.165) is 21.6 Å². The van der Waals surface area contributed by atoms with Gasteiger partial charge in [0.05, 0.1) is 16.4 Å². The number of fused-ring (bicyclic) bond motifs is 1. The molecule has 0 saturated carbocycles. The molecule has 0 bridgehead atoms. The number of para-hydroxylation sites is 1. The first-order valence-electron chi connectivity index (χ1n) is 8.19. The lowest BCUT2D eigenvalue weighted by atomic mass is 10.2. The minimum absolute atomic E-state index is 0.167. The maximum Gasteiger partial charge on any atom is 0.348 e. The first kappa shape index (κ1) is 17.7. The lowest BCUT2D eigenvalue weighted by Gasteiger charge is -2.06. The Hall–Kier alpha value is -2.70. The zero-order chi connectivity index (χ0) is 19.0. The van der Waals surface area contributed by atoms with E-state index in [1.165, 1.54) is 23.5 Å². The van der Waals surface area contributed by atoms with Crippen LogP contribution in [0.25, 0.3) is 15.9 Å². The van der Waals surface area contributed by atoms with Crippen molar-refractivity contribution in [3.05, 3.63) is 81.6 Å². The number of ether oxygens (including phenoxy) is 1. The van der Waals surface area contributed by atoms with Crippen molar-refractivity contribution in [2.45, 2.75) is 13.5 Å². The molecule has 4 aromatic rings. The lowest BCUT2D eigenvalue weighted by molar-refractivity contribution is 0.0475. The van der Waals surface area contributed by atoms with Gasteiger partial charge in [-0.3, -0.25) is 0 Å². The summed E-state index contributed by atoms with van der Waals surface area (Å²) in [4.78, 5) is 13.7. The van der Waals surface area contributed by atoms with Gasteiger partial charge in [-0.15, -0.1) is 11.3 Å². The van der Waals surface area contributed by atoms with Crippen molar-refractivity contribution in [3.63, 3.8) is 0 Å². The first-order valence-corrected chi connectivity index (χ1v) is 9.38. The normalized spacial score (nSPS) is 11.1. The molecule has 0 spiro atoms. The zero-order valence-corrected chi connectivity index (χ0v) is 15.9. The van der Waals surface area contributed by atoms with Crippen LogP contribution in [0.5, 0.6) is 0 Å². The van der Waals surface area contributed by atoms with Crippen LogP contribution in [0.4, 0.5) is 4.39 Å². The van der Waals surface area contributed by atoms with Gasteiger partial charge in [0.2, 0.25) is 0 Å². The Balaban J connectivity index is 1.62. The molecule has 0 aliphatic heterocycles. The maximum atomic E-state index is 13.8. The number of rotatable bonds is 4. The summed E-state index contributed by atoms with van der Waals surface area (Å²) >= 11 is 7.27. The molecule has 7 heteroatoms. The number of benzene rings is 2. The van der Waals surface area contributed by atoms with Gasteiger partial charge in [-0.25, -0.2) is 13.9 Å². The van der Waals surface area contributed by atoms with Crippen LogP contribution >= 0.6 is 22.9 Å². The smallest absolute Gasteiger partial charge is 0.348 e. The minimum atomic E-state index is -0.519. The fourth-order valence-electron chi connectivity index (χ4n) is 2.77. The van der Waals surface area contributed by atoms with Crippen molar-refractivity contribution in [1.29, 1.82) is 0 Å². The van der Waals surface area contributed by atoms with Crippen LogP contribution in [0.1, 0.15) is 20.9 Å². The summed E-state index contributed by atoms with van der Waals surface area (Å²) in [7, 11) is 0. The lowest BCUT2D eigenvalue weighted by Crippen LogP contribution is -2.05. The third-order valence-electron chi connectivity index (χ3n) is 4.16. The van der Waals surface area contributed by atoms with Crippen LogP contribution < -0.4 is 0 Å². The number of carbonyl (C=O) groups is 1. The summed E-state index contributed by atoms with van der Waals surface area (Å²) in [6.07, 6.45) is 0. The summed E-state index contributed by atoms with van der Waals surface area (Å²) in [5.74, 6) is -1.02. The number of aromatic nitrogens is 2. The Morgan fingerprint density at radius 3 is 2.74 bits per heavy atom. The number of carbonyl (C=O) groups excluding carboxylic acids is 1. The van der Waals surface area contributed by atoms with Gasteiger partial charge in [-0.2, -0.15) is 5.10 Å². The molecule has 2 aromatic heterocycles. The molecule has 0 radical (unpaired) electrons. The molecule has 0 atom stereocenters. The van der Waals surface area contributed by atoms with Crippen LogP contribution in [0.3, 0.4) is 0 Å². The topological polar surface area (TPSA) is 44.1 Å². The van der Waals surface area contributed by atoms with Crippen LogP contribution in [-0.2, 0) is 11.3 Å². The van der Waals surface area contributed by atoms with Gasteiger partial charge in [0.15, 0.2) is 0 Å². The number of halogens is 2. The third-order valence-corrected chi connectivity index (χ3v) is 5.60. The van der Waals surface area contributed by atoms with E-state index in [0.29, 0.717) is 4.88 Å². The molecular weight excluding hydrogens is 387 g/mol. The predicted octanol–water partition coefficient (Wildman–Crippen LogP) is 5.54. The molecule has 27 heavy (non-hydrogen) atoms. The van der Waals surface area contributed by atoms with Gasteiger partial charge in [-0.1, -0.05) is 35.9 Å². The predicted molar refractivity (Wildman–Crippen MR) is 104 cm³/mol. The van der Waals surface area contributed by atoms with Crippen molar-refractivity contribution in [3.8, 4) is 5.69 Å². The number of aryl methyl sites for hydroxylation is 1. The molecule has 0 N–H and O–H groups in total. The molecule has 4 rings (SSSR count). The Kier molecular flexibility index (Phi) is 4.68. The van der Waals surface area contributed by atoms with E-state index in [4.69, 9.17) is 16.3 Å². The molecular formula is C20H14ClFN2O2S. The van der Waals surface area contributed by atoms with Crippen LogP contribution in [0.15, 0.2) is 54.6 Å². The largest absolute Gasteiger partial charge is 0.456 e. The highest BCUT2D eigenvalue weighted by molar-refractivity contribution is 7.20. The number of hydrogen-bond acceptors (Lipinski definition) is 4. The Labute approximate surface area is 163 Å². The van der Waals surface area contributed by atoms with E-state index in [1.807, 2.05) is 37.3 Å². The van der Waals surface area contributed by atoms with Crippen molar-refractivity contribution in [1.82, 2.24) is 9.78 Å². The van der Waals surface area contributed by atoms with Crippen molar-refractivity contribution in [2.24, 2.45) is 0 Å². The minimum Gasteiger partial charge on any atom is -0.456 e. The molecule has 0 unspecified atom stereocenters. The third kappa shape index (κ3) is 3.34. The number of thiophene rings is 1. The SMILES string of the molecule is Cc1nn(-c2ccccc2)c2sc(C(=O)OCc3c(F)cccc3Cl)cc12. The van der Waals surface area contributed by atoms with E-state index >= 15 is 0 Å². The molecule has 136 valence electrons. The summed E-state index contributed by atoms with van der Waals surface area (Å²) in [6.45, 7) is 1.67. The van der Waals surface area contributed by atoms with Gasteiger partial charge in [0, 0.05) is 10.9 Å². The standard InChI is InChI=1S/C20H14ClFN2O2S/c1-12-14-10-18(20(25)26-11-15-16(21)8-5-9-17(15)22)27-19(14)24(23-12)13-6-3-2-4-7-13/h2-10H,11H2,1H3. The van der Waals surface area contributed by atoms with Crippen LogP contribution in [0, 0.1) is 12.7 Å². The molecule has 0 amide bonds. The molecule has 0 fully saturated rings. The highest BCUT2D eigenvalue weighted by Crippen LogP contribution is 2.31. The van der Waals surface area contributed by atoms with Crippen LogP contribution in [-0.4, -0.2) is 15.7 Å². The molecule has 0 saturated heterocycles. The Bertz CT molecular complexity index is 1120. The number of hydrogen-bond donors (Lipinski definition) is 0. The van der Waals surface area contributed by atoms with Gasteiger partial charge in [0.1, 0.15) is 22.1 Å². The van der Waals surface area contributed by atoms with Crippen molar-refractivity contribution < 1.29 is 13.9 Å². The maximum absolute atomic E-state index is 13.8. The van der Waals surface area contributed by atoms with E-state index in [9.17, 15) is 9.18 Å². The highest BCUT2D eigenvalue weighted by Gasteiger charge is 2.19. The van der Waals surface area contributed by atoms with E-state index < -0.39 is 11.8 Å². The van der Waals surface area contributed by atoms with Crippen LogP contribution in [0.2, 0.25) is 5.02 Å². The highest BCUT2D eigenvalue weighted by atomic mass is 35.5. The zero-order valence-electron chi connectivity index (χ0n) is 14.3. The summed E-state index contributed by atoms with van der Waals surface area (Å²) in [5, 5.41) is 5.66. The molecule has 0 aliphatic rings. The monoisotopic (exact) mass is 400 g/mol. The second-order valence-electron chi connectivity index (χ2n) is 5.94. The fraction of sp³-hybridized carbons (Fsp3) is 0.100. The summed E-state index contributed by atoms with van der Waals surface area (Å²) in [5.41, 5.74) is 1.90. The summed E-state index contributed by atoms with van der Waals surface area (Å²) in [6, 6.07) is 15.8. The second kappa shape index (κ2) is 7.13. The molecule has 2 heterocycles. The number of esters is 1. The first-order chi connectivity index (χ1) is 13.0. The Morgan fingerprint density at radius 2 is 2.00 bits per heavy atom. The van der Waals surface area contributed by atoms with Gasteiger partial charge in [0.25, 0.3) is 0 Å². The van der Waals surface area contributed by atoms with Crippen molar-refractivity contribution in [2.75, 3.05) is 0 Å². The van der Waals surface area contributed by atoms with Gasteiger partial charge < -0.3 is 4.74 Å². The van der Waals surface area contributed by atoms with E-state index in [2.05, 4.69) is 5.10 Å². The fourth-order valence-corrected chi connectivity index (χ4v) is 4.07. The van der Waals surface area contributed by atoms with E-state index in [-0.39, 0.29) is 17.2 Å². The molecule has 4 nitrogen and oxygen atoms in total. The molecule has 0 aliphatic carbocycles. The molecule has 2 aromatic carbocycles. The van der Waals surface area contributed by atoms with Crippen molar-refractivity contribution >= 4 is 39.1 Å². The number of nitrogens with zero attached hydrogens (tertiary/aromatic N) is 2. The average molecular weight is 401 g/mol. The van der Waals surface area contributed by atoms with Gasteiger partial charge >= 0.3 is 5.97 Å². The van der Waals surface area contributed by atoms with E-state index in [1.54, 1.807) is 16.8 Å². The quantitative estimate of drug-likeness (QED) is 0.422. The summed E-state index contributed by atoms with van der Waals surface area (Å²) < 4.78 is 20.9. The van der Waals surface area contributed by atoms with Gasteiger partial charge in [-0.05, 0) is 37.3 Å². The average Bonchev–Trinajstić information content (AvgIpc) is 3.23. The Morgan fingerprint density at radius 1 is 1.22 bits per heavy atom. The second-order valence-corrected chi connectivity index (χ2v) is 7.38.